The summed E-state index contributed by atoms with van der Waals surface area (Å²) in [6, 6.07) is 8.38. The van der Waals surface area contributed by atoms with Crippen molar-refractivity contribution in [1.82, 2.24) is 10.9 Å². The van der Waals surface area contributed by atoms with Crippen molar-refractivity contribution < 1.29 is 24.2 Å². The highest BCUT2D eigenvalue weighted by atomic mass is 16.5. The van der Waals surface area contributed by atoms with Crippen LogP contribution in [0, 0.1) is 11.8 Å². The van der Waals surface area contributed by atoms with Crippen LogP contribution in [0.1, 0.15) is 17.3 Å². The fourth-order valence-electron chi connectivity index (χ4n) is 3.14. The van der Waals surface area contributed by atoms with Gasteiger partial charge in [0, 0.05) is 5.56 Å². The van der Waals surface area contributed by atoms with E-state index in [0.717, 1.165) is 0 Å². The maximum atomic E-state index is 12.4. The predicted octanol–water partition coefficient (Wildman–Crippen LogP) is 0.492. The Bertz CT molecular complexity index is 687. The van der Waals surface area contributed by atoms with Gasteiger partial charge in [0.15, 0.2) is 0 Å². The van der Waals surface area contributed by atoms with Crippen LogP contribution in [0.4, 0.5) is 0 Å². The highest BCUT2D eigenvalue weighted by Gasteiger charge is 2.59. The third-order valence-electron chi connectivity index (χ3n) is 4.24. The van der Waals surface area contributed by atoms with Crippen LogP contribution in [0.3, 0.4) is 0 Å². The molecule has 2 aliphatic heterocycles. The number of carbonyl (C=O) groups is 3. The molecule has 120 valence electrons. The highest BCUT2D eigenvalue weighted by Crippen LogP contribution is 2.46. The van der Waals surface area contributed by atoms with Crippen molar-refractivity contribution >= 4 is 17.8 Å². The van der Waals surface area contributed by atoms with Crippen molar-refractivity contribution in [1.29, 1.82) is 0 Å². The van der Waals surface area contributed by atoms with Crippen LogP contribution >= 0.6 is 0 Å². The number of aliphatic carboxylic acids is 1. The fourth-order valence-corrected chi connectivity index (χ4v) is 3.14. The van der Waals surface area contributed by atoms with E-state index >= 15 is 0 Å². The molecule has 2 amide bonds. The van der Waals surface area contributed by atoms with Crippen molar-refractivity contribution in [3.63, 3.8) is 0 Å². The van der Waals surface area contributed by atoms with Crippen LogP contribution in [0.2, 0.25) is 0 Å². The molecule has 2 heterocycles. The monoisotopic (exact) mass is 316 g/mol. The number of carboxylic acids is 1. The first-order valence-corrected chi connectivity index (χ1v) is 7.17. The van der Waals surface area contributed by atoms with E-state index in [1.165, 1.54) is 0 Å². The lowest BCUT2D eigenvalue weighted by molar-refractivity contribution is -0.147. The molecule has 3 N–H and O–H groups in total. The molecule has 0 aromatic heterocycles. The topological polar surface area (TPSA) is 105 Å². The Kier molecular flexibility index (Phi) is 3.65. The van der Waals surface area contributed by atoms with Crippen LogP contribution in [0.15, 0.2) is 42.5 Å². The standard InChI is InChI=1S/C16H16N2O5/c1-16-8-7-10(23-16)11(15(21)22)12(16)14(20)18-17-13(19)9-5-3-2-4-6-9/h2-8,10-12H,1H3,(H,17,19)(H,18,20)(H,21,22). The molecule has 7 nitrogen and oxygen atoms in total. The first-order chi connectivity index (χ1) is 10.9. The molecule has 1 saturated heterocycles. The Hall–Kier alpha value is -2.67. The van der Waals surface area contributed by atoms with Gasteiger partial charge in [0.1, 0.15) is 5.92 Å². The van der Waals surface area contributed by atoms with Crippen molar-refractivity contribution in [2.45, 2.75) is 18.6 Å². The largest absolute Gasteiger partial charge is 0.481 e. The molecule has 1 aromatic rings. The van der Waals surface area contributed by atoms with Crippen molar-refractivity contribution in [2.75, 3.05) is 0 Å². The first kappa shape index (κ1) is 15.2. The molecule has 3 rings (SSSR count). The molecule has 4 atom stereocenters. The second-order valence-electron chi connectivity index (χ2n) is 5.78. The van der Waals surface area contributed by atoms with Gasteiger partial charge in [-0.2, -0.15) is 0 Å². The molecule has 0 aliphatic carbocycles. The highest BCUT2D eigenvalue weighted by molar-refractivity contribution is 5.96. The minimum absolute atomic E-state index is 0.387. The number of nitrogens with one attached hydrogen (secondary N) is 2. The van der Waals surface area contributed by atoms with Gasteiger partial charge in [0.25, 0.3) is 5.91 Å². The lowest BCUT2D eigenvalue weighted by Gasteiger charge is -2.27. The molecule has 0 radical (unpaired) electrons. The van der Waals surface area contributed by atoms with Gasteiger partial charge in [-0.25, -0.2) is 0 Å². The van der Waals surface area contributed by atoms with E-state index in [-0.39, 0.29) is 0 Å². The molecular formula is C16H16N2O5. The maximum absolute atomic E-state index is 12.4. The van der Waals surface area contributed by atoms with Crippen LogP contribution < -0.4 is 10.9 Å². The van der Waals surface area contributed by atoms with Crippen molar-refractivity contribution in [3.05, 3.63) is 48.0 Å². The van der Waals surface area contributed by atoms with Crippen LogP contribution in [-0.2, 0) is 14.3 Å². The zero-order chi connectivity index (χ0) is 16.6. The first-order valence-electron chi connectivity index (χ1n) is 7.17. The smallest absolute Gasteiger partial charge is 0.310 e. The Morgan fingerprint density at radius 3 is 2.52 bits per heavy atom. The second kappa shape index (κ2) is 5.51. The van der Waals surface area contributed by atoms with Gasteiger partial charge in [0.2, 0.25) is 5.91 Å². The van der Waals surface area contributed by atoms with Crippen LogP contribution in [-0.4, -0.2) is 34.6 Å². The van der Waals surface area contributed by atoms with Gasteiger partial charge in [0.05, 0.1) is 17.6 Å². The number of ether oxygens (including phenoxy) is 1. The molecule has 2 aliphatic rings. The molecular weight excluding hydrogens is 300 g/mol. The van der Waals surface area contributed by atoms with E-state index in [4.69, 9.17) is 4.74 Å². The minimum atomic E-state index is -1.10. The van der Waals surface area contributed by atoms with Gasteiger partial charge in [-0.15, -0.1) is 0 Å². The van der Waals surface area contributed by atoms with E-state index in [1.807, 2.05) is 0 Å². The van der Waals surface area contributed by atoms with Crippen molar-refractivity contribution in [2.24, 2.45) is 11.8 Å². The van der Waals surface area contributed by atoms with E-state index in [9.17, 15) is 19.5 Å². The fraction of sp³-hybridized carbons (Fsp3) is 0.312. The second-order valence-corrected chi connectivity index (χ2v) is 5.78. The minimum Gasteiger partial charge on any atom is -0.481 e. The number of benzene rings is 1. The van der Waals surface area contributed by atoms with Gasteiger partial charge < -0.3 is 9.84 Å². The van der Waals surface area contributed by atoms with Crippen molar-refractivity contribution in [3.8, 4) is 0 Å². The number of amides is 2. The Balaban J connectivity index is 1.69. The summed E-state index contributed by atoms with van der Waals surface area (Å²) in [6.07, 6.45) is 2.73. The summed E-state index contributed by atoms with van der Waals surface area (Å²) < 4.78 is 5.59. The average molecular weight is 316 g/mol. The quantitative estimate of drug-likeness (QED) is 0.556. The molecule has 7 heteroatoms. The van der Waals surface area contributed by atoms with Gasteiger partial charge in [-0.05, 0) is 19.1 Å². The molecule has 1 fully saturated rings. The molecule has 23 heavy (non-hydrogen) atoms. The summed E-state index contributed by atoms with van der Waals surface area (Å²) in [5.41, 5.74) is 4.01. The molecule has 1 aromatic carbocycles. The number of carboxylic acid groups (broad SMARTS) is 1. The third-order valence-corrected chi connectivity index (χ3v) is 4.24. The Morgan fingerprint density at radius 1 is 1.17 bits per heavy atom. The summed E-state index contributed by atoms with van der Waals surface area (Å²) in [6.45, 7) is 1.66. The molecule has 0 spiro atoms. The van der Waals surface area contributed by atoms with E-state index < -0.39 is 41.3 Å². The Labute approximate surface area is 132 Å². The van der Waals surface area contributed by atoms with Gasteiger partial charge >= 0.3 is 5.97 Å². The predicted molar refractivity (Wildman–Crippen MR) is 79.1 cm³/mol. The third kappa shape index (κ3) is 2.59. The number of fused-ring (bicyclic) bond motifs is 2. The molecule has 0 saturated carbocycles. The Morgan fingerprint density at radius 2 is 1.87 bits per heavy atom. The van der Waals surface area contributed by atoms with E-state index in [2.05, 4.69) is 10.9 Å². The maximum Gasteiger partial charge on any atom is 0.310 e. The number of hydrogen-bond donors (Lipinski definition) is 3. The zero-order valence-electron chi connectivity index (χ0n) is 12.4. The summed E-state index contributed by atoms with van der Waals surface area (Å²) in [5.74, 6) is -4.05. The zero-order valence-corrected chi connectivity index (χ0v) is 12.4. The summed E-state index contributed by atoms with van der Waals surface area (Å²) in [4.78, 5) is 35.7. The number of hydrazine groups is 1. The molecule has 4 unspecified atom stereocenters. The van der Waals surface area contributed by atoms with Crippen LogP contribution in [0.5, 0.6) is 0 Å². The summed E-state index contributed by atoms with van der Waals surface area (Å²) in [5, 5.41) is 9.34. The van der Waals surface area contributed by atoms with E-state index in [1.54, 1.807) is 49.4 Å². The molecule has 2 bridgehead atoms. The number of hydrogen-bond acceptors (Lipinski definition) is 4. The van der Waals surface area contributed by atoms with E-state index in [0.29, 0.717) is 5.56 Å². The normalized spacial score (nSPS) is 30.9. The average Bonchev–Trinajstić information content (AvgIpc) is 3.06. The summed E-state index contributed by atoms with van der Waals surface area (Å²) >= 11 is 0. The number of rotatable bonds is 3. The number of carbonyl (C=O) groups excluding carboxylic acids is 2. The van der Waals surface area contributed by atoms with Gasteiger partial charge in [-0.1, -0.05) is 30.4 Å². The van der Waals surface area contributed by atoms with Crippen LogP contribution in [0.25, 0.3) is 0 Å². The lowest BCUT2D eigenvalue weighted by Crippen LogP contribution is -2.52. The summed E-state index contributed by atoms with van der Waals surface area (Å²) in [7, 11) is 0. The van der Waals surface area contributed by atoms with Gasteiger partial charge in [-0.3, -0.25) is 25.2 Å². The lowest BCUT2D eigenvalue weighted by atomic mass is 9.76. The SMILES string of the molecule is CC12C=CC(O1)C(C(=O)O)C2C(=O)NNC(=O)c1ccccc1.